The van der Waals surface area contributed by atoms with Gasteiger partial charge in [0.25, 0.3) is 0 Å². The lowest BCUT2D eigenvalue weighted by Crippen LogP contribution is -2.13. The van der Waals surface area contributed by atoms with Gasteiger partial charge in [0.1, 0.15) is 0 Å². The van der Waals surface area contributed by atoms with Crippen LogP contribution < -0.4 is 10.6 Å². The van der Waals surface area contributed by atoms with E-state index in [4.69, 9.17) is 0 Å². The van der Waals surface area contributed by atoms with Crippen LogP contribution in [0.2, 0.25) is 0 Å². The zero-order valence-corrected chi connectivity index (χ0v) is 8.92. The van der Waals surface area contributed by atoms with Gasteiger partial charge in [0.05, 0.1) is 0 Å². The zero-order chi connectivity index (χ0) is 10.7. The normalized spacial score (nSPS) is 14.7. The van der Waals surface area contributed by atoms with Crippen LogP contribution in [-0.2, 0) is 4.79 Å². The number of carbonyl (C=O) groups excluding carboxylic acids is 1. The Hall–Kier alpha value is -1.51. The maximum absolute atomic E-state index is 11.5. The molecule has 0 heterocycles. The van der Waals surface area contributed by atoms with Crippen LogP contribution in [0.5, 0.6) is 0 Å². The smallest absolute Gasteiger partial charge is 0.227 e. The Morgan fingerprint density at radius 3 is 2.40 bits per heavy atom. The summed E-state index contributed by atoms with van der Waals surface area (Å²) in [5.74, 6) is 0.421. The summed E-state index contributed by atoms with van der Waals surface area (Å²) >= 11 is 0. The highest BCUT2D eigenvalue weighted by atomic mass is 16.2. The van der Waals surface area contributed by atoms with Gasteiger partial charge in [-0.2, -0.15) is 0 Å². The van der Waals surface area contributed by atoms with Crippen LogP contribution in [0, 0.1) is 5.92 Å². The third kappa shape index (κ3) is 2.72. The van der Waals surface area contributed by atoms with Crippen molar-refractivity contribution in [2.24, 2.45) is 5.92 Å². The van der Waals surface area contributed by atoms with Crippen LogP contribution >= 0.6 is 0 Å². The van der Waals surface area contributed by atoms with E-state index in [1.807, 2.05) is 24.3 Å². The molecule has 1 fully saturated rings. The topological polar surface area (TPSA) is 41.1 Å². The number of rotatable bonds is 4. The third-order valence-electron chi connectivity index (χ3n) is 2.48. The molecule has 0 spiro atoms. The first-order chi connectivity index (χ1) is 7.29. The minimum absolute atomic E-state index is 0.159. The lowest BCUT2D eigenvalue weighted by atomic mass is 10.2. The monoisotopic (exact) mass is 204 g/mol. The van der Waals surface area contributed by atoms with E-state index < -0.39 is 0 Å². The van der Waals surface area contributed by atoms with Crippen LogP contribution in [0.4, 0.5) is 11.4 Å². The fourth-order valence-electron chi connectivity index (χ4n) is 1.47. The average molecular weight is 204 g/mol. The highest BCUT2D eigenvalue weighted by Gasteiger charge is 2.29. The summed E-state index contributed by atoms with van der Waals surface area (Å²) in [6.45, 7) is 2.97. The van der Waals surface area contributed by atoms with Gasteiger partial charge in [-0.1, -0.05) is 0 Å². The number of nitrogens with one attached hydrogen (secondary N) is 2. The molecular formula is C12H16N2O. The molecule has 0 bridgehead atoms. The number of amides is 1. The average Bonchev–Trinajstić information content (AvgIpc) is 3.04. The van der Waals surface area contributed by atoms with Crippen LogP contribution in [0.25, 0.3) is 0 Å². The molecule has 80 valence electrons. The van der Waals surface area contributed by atoms with E-state index in [1.165, 1.54) is 0 Å². The van der Waals surface area contributed by atoms with E-state index in [0.717, 1.165) is 30.8 Å². The van der Waals surface area contributed by atoms with Gasteiger partial charge in [-0.05, 0) is 44.0 Å². The number of hydrogen-bond donors (Lipinski definition) is 2. The number of anilines is 2. The summed E-state index contributed by atoms with van der Waals surface area (Å²) < 4.78 is 0. The van der Waals surface area contributed by atoms with Crippen molar-refractivity contribution < 1.29 is 4.79 Å². The summed E-state index contributed by atoms with van der Waals surface area (Å²) in [4.78, 5) is 11.5. The highest BCUT2D eigenvalue weighted by molar-refractivity contribution is 5.94. The fourth-order valence-corrected chi connectivity index (χ4v) is 1.47. The van der Waals surface area contributed by atoms with Crippen LogP contribution in [0.15, 0.2) is 24.3 Å². The zero-order valence-electron chi connectivity index (χ0n) is 8.92. The lowest BCUT2D eigenvalue weighted by Gasteiger charge is -2.06. The fraction of sp³-hybridized carbons (Fsp3) is 0.417. The molecule has 0 aromatic heterocycles. The van der Waals surface area contributed by atoms with Crippen molar-refractivity contribution in [2.75, 3.05) is 17.2 Å². The SMILES string of the molecule is CCNc1ccc(NC(=O)C2CC2)cc1. The molecule has 1 aliphatic rings. The number of hydrogen-bond acceptors (Lipinski definition) is 2. The van der Waals surface area contributed by atoms with Crippen molar-refractivity contribution in [3.63, 3.8) is 0 Å². The van der Waals surface area contributed by atoms with Crippen molar-refractivity contribution in [1.82, 2.24) is 0 Å². The van der Waals surface area contributed by atoms with Crippen LogP contribution in [0.1, 0.15) is 19.8 Å². The molecular weight excluding hydrogens is 188 g/mol. The second-order valence-electron chi connectivity index (χ2n) is 3.87. The van der Waals surface area contributed by atoms with Crippen LogP contribution in [0.3, 0.4) is 0 Å². The molecule has 0 radical (unpaired) electrons. The molecule has 1 aromatic carbocycles. The molecule has 0 aliphatic heterocycles. The van der Waals surface area contributed by atoms with Crippen LogP contribution in [-0.4, -0.2) is 12.5 Å². The summed E-state index contributed by atoms with van der Waals surface area (Å²) in [6, 6.07) is 7.81. The van der Waals surface area contributed by atoms with E-state index in [9.17, 15) is 4.79 Å². The molecule has 0 atom stereocenters. The maximum Gasteiger partial charge on any atom is 0.227 e. The van der Waals surface area contributed by atoms with Gasteiger partial charge in [-0.15, -0.1) is 0 Å². The minimum atomic E-state index is 0.159. The van der Waals surface area contributed by atoms with Gasteiger partial charge in [-0.3, -0.25) is 4.79 Å². The predicted molar refractivity (Wildman–Crippen MR) is 62.0 cm³/mol. The van der Waals surface area contributed by atoms with E-state index in [1.54, 1.807) is 0 Å². The van der Waals surface area contributed by atoms with Crippen molar-refractivity contribution in [3.8, 4) is 0 Å². The Labute approximate surface area is 89.9 Å². The molecule has 1 aromatic rings. The third-order valence-corrected chi connectivity index (χ3v) is 2.48. The summed E-state index contributed by atoms with van der Waals surface area (Å²) in [5.41, 5.74) is 1.97. The van der Waals surface area contributed by atoms with E-state index >= 15 is 0 Å². The first kappa shape index (κ1) is 10.0. The molecule has 1 aliphatic carbocycles. The second kappa shape index (κ2) is 4.34. The van der Waals surface area contributed by atoms with Gasteiger partial charge in [0.15, 0.2) is 0 Å². The Balaban J connectivity index is 1.94. The van der Waals surface area contributed by atoms with Crippen molar-refractivity contribution in [1.29, 1.82) is 0 Å². The Kier molecular flexibility index (Phi) is 2.90. The van der Waals surface area contributed by atoms with Gasteiger partial charge in [-0.25, -0.2) is 0 Å². The van der Waals surface area contributed by atoms with E-state index in [2.05, 4.69) is 17.6 Å². The predicted octanol–water partition coefficient (Wildman–Crippen LogP) is 2.47. The van der Waals surface area contributed by atoms with Gasteiger partial charge < -0.3 is 10.6 Å². The van der Waals surface area contributed by atoms with E-state index in [0.29, 0.717) is 0 Å². The van der Waals surface area contributed by atoms with Crippen molar-refractivity contribution in [2.45, 2.75) is 19.8 Å². The summed E-state index contributed by atoms with van der Waals surface area (Å²) in [7, 11) is 0. The highest BCUT2D eigenvalue weighted by Crippen LogP contribution is 2.30. The quantitative estimate of drug-likeness (QED) is 0.791. The van der Waals surface area contributed by atoms with E-state index in [-0.39, 0.29) is 11.8 Å². The summed E-state index contributed by atoms with van der Waals surface area (Å²) in [5, 5.41) is 6.12. The Morgan fingerprint density at radius 1 is 1.27 bits per heavy atom. The van der Waals surface area contributed by atoms with Gasteiger partial charge >= 0.3 is 0 Å². The standard InChI is InChI=1S/C12H16N2O/c1-2-13-10-5-7-11(8-6-10)14-12(15)9-3-4-9/h5-9,13H,2-4H2,1H3,(H,14,15). The molecule has 1 saturated carbocycles. The first-order valence-corrected chi connectivity index (χ1v) is 5.44. The Bertz CT molecular complexity index is 341. The molecule has 3 heteroatoms. The van der Waals surface area contributed by atoms with Crippen molar-refractivity contribution in [3.05, 3.63) is 24.3 Å². The van der Waals surface area contributed by atoms with Gasteiger partial charge in [0.2, 0.25) is 5.91 Å². The largest absolute Gasteiger partial charge is 0.385 e. The number of carbonyl (C=O) groups is 1. The minimum Gasteiger partial charge on any atom is -0.385 e. The lowest BCUT2D eigenvalue weighted by molar-refractivity contribution is -0.117. The van der Waals surface area contributed by atoms with Crippen molar-refractivity contribution >= 4 is 17.3 Å². The molecule has 3 nitrogen and oxygen atoms in total. The summed E-state index contributed by atoms with van der Waals surface area (Å²) in [6.07, 6.45) is 2.09. The Morgan fingerprint density at radius 2 is 1.87 bits per heavy atom. The number of benzene rings is 1. The molecule has 15 heavy (non-hydrogen) atoms. The maximum atomic E-state index is 11.5. The van der Waals surface area contributed by atoms with Gasteiger partial charge in [0, 0.05) is 23.8 Å². The molecule has 2 N–H and O–H groups in total. The molecule has 1 amide bonds. The first-order valence-electron chi connectivity index (χ1n) is 5.44. The molecule has 2 rings (SSSR count). The molecule has 0 unspecified atom stereocenters. The molecule has 0 saturated heterocycles. The second-order valence-corrected chi connectivity index (χ2v) is 3.87.